The van der Waals surface area contributed by atoms with Crippen LogP contribution < -0.4 is 21.3 Å². The Balaban J connectivity index is 1.69. The molecule has 1 aromatic carbocycles. The van der Waals surface area contributed by atoms with Gasteiger partial charge in [-0.1, -0.05) is 24.9 Å². The van der Waals surface area contributed by atoms with Gasteiger partial charge in [0.1, 0.15) is 12.1 Å². The van der Waals surface area contributed by atoms with Crippen LogP contribution in [-0.4, -0.2) is 78.0 Å². The fraction of sp³-hybridized carbons (Fsp3) is 0.556. The van der Waals surface area contributed by atoms with Crippen LogP contribution in [-0.2, 0) is 24.0 Å². The van der Waals surface area contributed by atoms with E-state index in [1.165, 1.54) is 31.0 Å². The molecule has 1 aromatic rings. The molecule has 39 heavy (non-hydrogen) atoms. The number of carbonyl (C=O) groups is 6. The molecule has 5 amide bonds. The number of Topliss-reactive ketones (excluding diaryl/α,β-unsaturated/α-hetero) is 1. The second-order valence-electron chi connectivity index (χ2n) is 10.1. The number of rotatable bonds is 13. The summed E-state index contributed by atoms with van der Waals surface area (Å²) in [6, 6.07) is 3.03. The number of nitrogens with one attached hydrogen (secondary N) is 4. The lowest BCUT2D eigenvalue weighted by atomic mass is 9.94. The van der Waals surface area contributed by atoms with Crippen LogP contribution in [0.5, 0.6) is 0 Å². The van der Waals surface area contributed by atoms with Crippen molar-refractivity contribution in [1.29, 1.82) is 0 Å². The first-order chi connectivity index (χ1) is 18.5. The molecule has 12 heteroatoms. The smallest absolute Gasteiger partial charge is 0.289 e. The number of ketones is 1. The van der Waals surface area contributed by atoms with Crippen molar-refractivity contribution in [1.82, 2.24) is 26.2 Å². The number of halogens is 1. The summed E-state index contributed by atoms with van der Waals surface area (Å²) in [7, 11) is 1.45. The molecule has 1 aliphatic heterocycles. The van der Waals surface area contributed by atoms with Crippen molar-refractivity contribution in [2.45, 2.75) is 76.5 Å². The van der Waals surface area contributed by atoms with Crippen molar-refractivity contribution in [3.05, 3.63) is 34.9 Å². The van der Waals surface area contributed by atoms with E-state index in [0.717, 1.165) is 12.8 Å². The van der Waals surface area contributed by atoms with Crippen molar-refractivity contribution in [3.8, 4) is 0 Å². The van der Waals surface area contributed by atoms with Gasteiger partial charge in [-0.15, -0.1) is 0 Å². The van der Waals surface area contributed by atoms with Gasteiger partial charge in [0.2, 0.25) is 23.5 Å². The highest BCUT2D eigenvalue weighted by Crippen LogP contribution is 2.20. The van der Waals surface area contributed by atoms with Crippen LogP contribution >= 0.6 is 11.6 Å². The van der Waals surface area contributed by atoms with Gasteiger partial charge in [-0.25, -0.2) is 0 Å². The van der Waals surface area contributed by atoms with Gasteiger partial charge in [0, 0.05) is 36.1 Å². The molecular weight excluding hydrogens is 526 g/mol. The highest BCUT2D eigenvalue weighted by atomic mass is 35.5. The summed E-state index contributed by atoms with van der Waals surface area (Å²) < 4.78 is 0. The molecule has 1 saturated heterocycles. The van der Waals surface area contributed by atoms with E-state index in [4.69, 9.17) is 11.6 Å². The van der Waals surface area contributed by atoms with Crippen LogP contribution in [0.1, 0.15) is 62.7 Å². The third-order valence-corrected chi connectivity index (χ3v) is 7.21. The molecule has 11 nitrogen and oxygen atoms in total. The lowest BCUT2D eigenvalue weighted by Gasteiger charge is -2.31. The van der Waals surface area contributed by atoms with Crippen LogP contribution in [0.2, 0.25) is 5.02 Å². The molecule has 0 radical (unpaired) electrons. The number of carbonyl (C=O) groups excluding carboxylic acids is 6. The van der Waals surface area contributed by atoms with Crippen molar-refractivity contribution >= 4 is 46.9 Å². The normalized spacial score (nSPS) is 18.8. The molecule has 1 heterocycles. The fourth-order valence-corrected chi connectivity index (χ4v) is 4.60. The lowest BCUT2D eigenvalue weighted by Crippen LogP contribution is -2.57. The molecule has 4 atom stereocenters. The van der Waals surface area contributed by atoms with E-state index in [9.17, 15) is 28.8 Å². The quantitative estimate of drug-likeness (QED) is 0.263. The molecule has 1 aliphatic carbocycles. The Morgan fingerprint density at radius 3 is 2.31 bits per heavy atom. The van der Waals surface area contributed by atoms with Crippen molar-refractivity contribution in [2.75, 3.05) is 13.6 Å². The second kappa shape index (κ2) is 13.5. The Morgan fingerprint density at radius 1 is 1.08 bits per heavy atom. The summed E-state index contributed by atoms with van der Waals surface area (Å²) in [5, 5.41) is 11.1. The maximum atomic E-state index is 13.4. The zero-order valence-corrected chi connectivity index (χ0v) is 23.2. The van der Waals surface area contributed by atoms with E-state index in [0.29, 0.717) is 30.0 Å². The number of likely N-dealkylation sites (N-methyl/N-ethyl adjacent to an activating group) is 1. The van der Waals surface area contributed by atoms with Gasteiger partial charge >= 0.3 is 0 Å². The van der Waals surface area contributed by atoms with Gasteiger partial charge in [0.05, 0.1) is 6.04 Å². The summed E-state index contributed by atoms with van der Waals surface area (Å²) in [5.41, 5.74) is 0.325. The molecule has 0 aromatic heterocycles. The SMILES string of the molecule is CCC[C@@H](C(=O)N[C@@H](C[C@@H]1CCNC1=O)C(=O)C(=O)NC1CC1)N(C)C(=O)[C@@H](C)NC(=O)c1ccc(Cl)cc1. The van der Waals surface area contributed by atoms with Gasteiger partial charge in [-0.05, 0) is 63.3 Å². The minimum Gasteiger partial charge on any atom is -0.356 e. The molecule has 212 valence electrons. The Kier molecular flexibility index (Phi) is 10.4. The van der Waals surface area contributed by atoms with Crippen molar-refractivity contribution < 1.29 is 28.8 Å². The zero-order chi connectivity index (χ0) is 28.7. The predicted octanol–water partition coefficient (Wildman–Crippen LogP) is 0.944. The third kappa shape index (κ3) is 8.26. The first-order valence-corrected chi connectivity index (χ1v) is 13.7. The predicted molar refractivity (Wildman–Crippen MR) is 144 cm³/mol. The fourth-order valence-electron chi connectivity index (χ4n) is 4.47. The number of hydrogen-bond acceptors (Lipinski definition) is 6. The van der Waals surface area contributed by atoms with E-state index in [1.807, 2.05) is 6.92 Å². The molecule has 1 saturated carbocycles. The summed E-state index contributed by atoms with van der Waals surface area (Å²) in [4.78, 5) is 78.1. The Morgan fingerprint density at radius 2 is 1.74 bits per heavy atom. The third-order valence-electron chi connectivity index (χ3n) is 6.96. The molecule has 0 spiro atoms. The number of benzene rings is 1. The minimum atomic E-state index is -1.21. The highest BCUT2D eigenvalue weighted by Gasteiger charge is 2.38. The van der Waals surface area contributed by atoms with Gasteiger partial charge in [0.15, 0.2) is 0 Å². The van der Waals surface area contributed by atoms with Gasteiger partial charge < -0.3 is 26.2 Å². The largest absolute Gasteiger partial charge is 0.356 e. The molecule has 3 rings (SSSR count). The van der Waals surface area contributed by atoms with Gasteiger partial charge in [-0.3, -0.25) is 28.8 Å². The van der Waals surface area contributed by atoms with Crippen molar-refractivity contribution in [3.63, 3.8) is 0 Å². The molecule has 0 unspecified atom stereocenters. The summed E-state index contributed by atoms with van der Waals surface area (Å²) >= 11 is 5.87. The first-order valence-electron chi connectivity index (χ1n) is 13.3. The van der Waals surface area contributed by atoms with Crippen LogP contribution in [0.4, 0.5) is 0 Å². The standard InChI is InChI=1S/C27H36ClN5O6/c1-4-5-21(33(3)27(39)15(2)30-24(36)16-6-8-18(28)9-7-16)25(37)32-20(14-17-12-13-29-23(17)35)22(34)26(38)31-19-10-11-19/h6-9,15,17,19-21H,4-5,10-14H2,1-3H3,(H,29,35)(H,30,36)(H,31,38)(H,32,37)/t15-,17+,20+,21+/m1/s1. The van der Waals surface area contributed by atoms with Crippen LogP contribution in [0.25, 0.3) is 0 Å². The minimum absolute atomic E-state index is 0.0153. The van der Waals surface area contributed by atoms with Crippen LogP contribution in [0.15, 0.2) is 24.3 Å². The average Bonchev–Trinajstić information content (AvgIpc) is 3.64. The molecule has 2 aliphatic rings. The Hall–Kier alpha value is -3.47. The van der Waals surface area contributed by atoms with E-state index in [-0.39, 0.29) is 24.8 Å². The molecule has 2 fully saturated rings. The Bertz CT molecular complexity index is 1110. The molecular formula is C27H36ClN5O6. The van der Waals surface area contributed by atoms with E-state index < -0.39 is 53.5 Å². The van der Waals surface area contributed by atoms with E-state index in [2.05, 4.69) is 21.3 Å². The summed E-state index contributed by atoms with van der Waals surface area (Å²) in [6.45, 7) is 3.82. The number of amides is 5. The number of hydrogen-bond donors (Lipinski definition) is 4. The lowest BCUT2D eigenvalue weighted by molar-refractivity contribution is -0.143. The maximum Gasteiger partial charge on any atom is 0.289 e. The molecule has 4 N–H and O–H groups in total. The first kappa shape index (κ1) is 30.1. The maximum absolute atomic E-state index is 13.4. The Labute approximate surface area is 232 Å². The second-order valence-corrected chi connectivity index (χ2v) is 10.6. The summed E-state index contributed by atoms with van der Waals surface area (Å²) in [6.07, 6.45) is 2.89. The van der Waals surface area contributed by atoms with Crippen LogP contribution in [0, 0.1) is 5.92 Å². The average molecular weight is 562 g/mol. The van der Waals surface area contributed by atoms with E-state index >= 15 is 0 Å². The molecule has 0 bridgehead atoms. The van der Waals surface area contributed by atoms with Crippen LogP contribution in [0.3, 0.4) is 0 Å². The van der Waals surface area contributed by atoms with Gasteiger partial charge in [-0.2, -0.15) is 0 Å². The zero-order valence-electron chi connectivity index (χ0n) is 22.4. The van der Waals surface area contributed by atoms with Crippen molar-refractivity contribution in [2.24, 2.45) is 5.92 Å². The summed E-state index contributed by atoms with van der Waals surface area (Å²) in [5.74, 6) is -3.94. The van der Waals surface area contributed by atoms with Gasteiger partial charge in [0.25, 0.3) is 11.8 Å². The number of nitrogens with zero attached hydrogens (tertiary/aromatic N) is 1. The highest BCUT2D eigenvalue weighted by molar-refractivity contribution is 6.38. The van der Waals surface area contributed by atoms with E-state index in [1.54, 1.807) is 12.1 Å². The monoisotopic (exact) mass is 561 g/mol. The topological polar surface area (TPSA) is 154 Å².